The fourth-order valence-corrected chi connectivity index (χ4v) is 3.98. The number of aromatic amines is 1. The molecule has 0 aromatic carbocycles. The zero-order valence-electron chi connectivity index (χ0n) is 11.1. The number of hydrogen-bond donors (Lipinski definition) is 3. The van der Waals surface area contributed by atoms with Crippen molar-refractivity contribution in [1.82, 2.24) is 20.2 Å². The van der Waals surface area contributed by atoms with E-state index in [1.165, 1.54) is 12.8 Å². The van der Waals surface area contributed by atoms with E-state index >= 15 is 0 Å². The molecule has 0 unspecified atom stereocenters. The van der Waals surface area contributed by atoms with E-state index in [0.29, 0.717) is 18.2 Å². The molecule has 3 N–H and O–H groups in total. The summed E-state index contributed by atoms with van der Waals surface area (Å²) in [7, 11) is -3.50. The molecule has 0 amide bonds. The van der Waals surface area contributed by atoms with Gasteiger partial charge in [-0.25, -0.2) is 13.1 Å². The molecule has 0 bridgehead atoms. The molecule has 0 spiro atoms. The summed E-state index contributed by atoms with van der Waals surface area (Å²) in [4.78, 5) is 0. The van der Waals surface area contributed by atoms with Crippen molar-refractivity contribution in [1.29, 1.82) is 0 Å². The fourth-order valence-electron chi connectivity index (χ4n) is 2.38. The molecule has 106 valence electrons. The van der Waals surface area contributed by atoms with E-state index in [2.05, 4.69) is 20.2 Å². The number of aromatic nitrogens is 2. The van der Waals surface area contributed by atoms with E-state index in [9.17, 15) is 8.42 Å². The highest BCUT2D eigenvalue weighted by Crippen LogP contribution is 2.32. The first-order valence-corrected chi connectivity index (χ1v) is 8.26. The van der Waals surface area contributed by atoms with Crippen LogP contribution in [0.25, 0.3) is 0 Å². The van der Waals surface area contributed by atoms with Crippen molar-refractivity contribution in [3.05, 3.63) is 11.8 Å². The van der Waals surface area contributed by atoms with Crippen LogP contribution in [0.4, 0.5) is 0 Å². The maximum absolute atomic E-state index is 12.4. The van der Waals surface area contributed by atoms with Gasteiger partial charge in [-0.1, -0.05) is 0 Å². The molecule has 0 aliphatic heterocycles. The second-order valence-corrected chi connectivity index (χ2v) is 7.52. The zero-order valence-corrected chi connectivity index (χ0v) is 11.9. The fraction of sp³-hybridized carbons (Fsp3) is 0.750. The lowest BCUT2D eigenvalue weighted by Crippen LogP contribution is -2.51. The van der Waals surface area contributed by atoms with Crippen molar-refractivity contribution in [2.24, 2.45) is 0 Å². The Morgan fingerprint density at radius 2 is 2.21 bits per heavy atom. The number of hydrogen-bond acceptors (Lipinski definition) is 4. The summed E-state index contributed by atoms with van der Waals surface area (Å²) in [5.74, 6) is 0. The van der Waals surface area contributed by atoms with Gasteiger partial charge in [-0.3, -0.25) is 5.10 Å². The lowest BCUT2D eigenvalue weighted by atomic mass is 9.80. The van der Waals surface area contributed by atoms with Gasteiger partial charge >= 0.3 is 0 Å². The van der Waals surface area contributed by atoms with Crippen LogP contribution in [0.1, 0.15) is 44.6 Å². The molecule has 0 radical (unpaired) electrons. The molecule has 0 atom stereocenters. The van der Waals surface area contributed by atoms with Gasteiger partial charge in [-0.15, -0.1) is 0 Å². The van der Waals surface area contributed by atoms with Gasteiger partial charge in [0.2, 0.25) is 0 Å². The molecule has 2 saturated carbocycles. The van der Waals surface area contributed by atoms with Crippen LogP contribution in [0.2, 0.25) is 0 Å². The van der Waals surface area contributed by atoms with Gasteiger partial charge in [-0.05, 0) is 39.0 Å². The lowest BCUT2D eigenvalue weighted by molar-refractivity contribution is 0.247. The Balaban J connectivity index is 1.74. The molecule has 3 rings (SSSR count). The standard InChI is InChI=1S/C12H20N4O2S/c1-12(5-2-6-12)16-19(17,18)11-9(8-14-15-11)7-13-10-3-4-10/h8,10,13,16H,2-7H2,1H3,(H,14,15). The Morgan fingerprint density at radius 1 is 1.47 bits per heavy atom. The first-order chi connectivity index (χ1) is 8.99. The molecule has 2 aliphatic rings. The summed E-state index contributed by atoms with van der Waals surface area (Å²) >= 11 is 0. The van der Waals surface area contributed by atoms with Gasteiger partial charge in [0, 0.05) is 23.7 Å². The predicted molar refractivity (Wildman–Crippen MR) is 71.0 cm³/mol. The third-order valence-electron chi connectivity index (χ3n) is 3.94. The van der Waals surface area contributed by atoms with Gasteiger partial charge in [-0.2, -0.15) is 5.10 Å². The molecule has 6 nitrogen and oxygen atoms in total. The van der Waals surface area contributed by atoms with Crippen molar-refractivity contribution < 1.29 is 8.42 Å². The first kappa shape index (κ1) is 13.1. The van der Waals surface area contributed by atoms with Gasteiger partial charge in [0.1, 0.15) is 0 Å². The maximum atomic E-state index is 12.4. The average Bonchev–Trinajstić information content (AvgIpc) is 3.00. The van der Waals surface area contributed by atoms with Crippen LogP contribution in [-0.2, 0) is 16.6 Å². The molecular weight excluding hydrogens is 264 g/mol. The molecular formula is C12H20N4O2S. The van der Waals surface area contributed by atoms with Crippen LogP contribution in [0.3, 0.4) is 0 Å². The van der Waals surface area contributed by atoms with Crippen LogP contribution >= 0.6 is 0 Å². The largest absolute Gasteiger partial charge is 0.310 e. The summed E-state index contributed by atoms with van der Waals surface area (Å²) in [6, 6.07) is 0.544. The minimum absolute atomic E-state index is 0.203. The predicted octanol–water partition coefficient (Wildman–Crippen LogP) is 0.883. The molecule has 1 aromatic rings. The third-order valence-corrected chi connectivity index (χ3v) is 5.60. The Labute approximate surface area is 113 Å². The topological polar surface area (TPSA) is 86.9 Å². The summed E-state index contributed by atoms with van der Waals surface area (Å²) in [5.41, 5.74) is 0.424. The molecule has 2 aliphatic carbocycles. The van der Waals surface area contributed by atoms with E-state index in [0.717, 1.165) is 19.3 Å². The van der Waals surface area contributed by atoms with E-state index < -0.39 is 10.0 Å². The highest BCUT2D eigenvalue weighted by atomic mass is 32.2. The number of rotatable bonds is 6. The molecule has 1 aromatic heterocycles. The summed E-state index contributed by atoms with van der Waals surface area (Å²) in [6.07, 6.45) is 6.82. The van der Waals surface area contributed by atoms with Gasteiger partial charge in [0.25, 0.3) is 10.0 Å². The monoisotopic (exact) mass is 284 g/mol. The number of sulfonamides is 1. The van der Waals surface area contributed by atoms with E-state index in [-0.39, 0.29) is 10.6 Å². The Kier molecular flexibility index (Phi) is 3.15. The van der Waals surface area contributed by atoms with Crippen LogP contribution in [0.15, 0.2) is 11.2 Å². The van der Waals surface area contributed by atoms with E-state index in [4.69, 9.17) is 0 Å². The first-order valence-electron chi connectivity index (χ1n) is 6.78. The van der Waals surface area contributed by atoms with Gasteiger partial charge in [0.15, 0.2) is 5.03 Å². The smallest absolute Gasteiger partial charge is 0.258 e. The summed E-state index contributed by atoms with van der Waals surface area (Å²) < 4.78 is 27.5. The SMILES string of the molecule is CC1(NS(=O)(=O)c2[nH]ncc2CNC2CC2)CCC1. The molecule has 0 saturated heterocycles. The van der Waals surface area contributed by atoms with Crippen LogP contribution in [-0.4, -0.2) is 30.2 Å². The summed E-state index contributed by atoms with van der Waals surface area (Å²) in [5, 5.41) is 10.0. The maximum Gasteiger partial charge on any atom is 0.258 e. The number of nitrogens with one attached hydrogen (secondary N) is 3. The number of nitrogens with zero attached hydrogens (tertiary/aromatic N) is 1. The minimum Gasteiger partial charge on any atom is -0.310 e. The lowest BCUT2D eigenvalue weighted by Gasteiger charge is -2.38. The highest BCUT2D eigenvalue weighted by molar-refractivity contribution is 7.89. The second kappa shape index (κ2) is 4.57. The average molecular weight is 284 g/mol. The van der Waals surface area contributed by atoms with Crippen molar-refractivity contribution in [3.63, 3.8) is 0 Å². The zero-order chi connectivity index (χ0) is 13.5. The van der Waals surface area contributed by atoms with Gasteiger partial charge in [0.05, 0.1) is 6.20 Å². The Morgan fingerprint density at radius 3 is 2.79 bits per heavy atom. The van der Waals surface area contributed by atoms with E-state index in [1.54, 1.807) is 6.20 Å². The molecule has 1 heterocycles. The minimum atomic E-state index is -3.50. The molecule has 19 heavy (non-hydrogen) atoms. The van der Waals surface area contributed by atoms with E-state index in [1.807, 2.05) is 6.92 Å². The third kappa shape index (κ3) is 2.82. The number of H-pyrrole nitrogens is 1. The molecule has 7 heteroatoms. The van der Waals surface area contributed by atoms with Crippen LogP contribution < -0.4 is 10.0 Å². The summed E-state index contributed by atoms with van der Waals surface area (Å²) in [6.45, 7) is 2.50. The van der Waals surface area contributed by atoms with Gasteiger partial charge < -0.3 is 5.32 Å². The second-order valence-electron chi connectivity index (χ2n) is 5.90. The van der Waals surface area contributed by atoms with Crippen molar-refractivity contribution in [3.8, 4) is 0 Å². The van der Waals surface area contributed by atoms with Crippen molar-refractivity contribution >= 4 is 10.0 Å². The van der Waals surface area contributed by atoms with Crippen molar-refractivity contribution in [2.75, 3.05) is 0 Å². The Hall–Kier alpha value is -0.920. The highest BCUT2D eigenvalue weighted by Gasteiger charge is 2.37. The Bertz CT molecular complexity index is 558. The quantitative estimate of drug-likeness (QED) is 0.724. The van der Waals surface area contributed by atoms with Crippen molar-refractivity contribution in [2.45, 2.75) is 62.2 Å². The normalized spacial score (nSPS) is 22.2. The van der Waals surface area contributed by atoms with Crippen LogP contribution in [0, 0.1) is 0 Å². The molecule has 2 fully saturated rings. The van der Waals surface area contributed by atoms with Crippen LogP contribution in [0.5, 0.6) is 0 Å².